The SMILES string of the molecule is COc1ccc2nc(-c3ccc(Oc4ccn5ncnc5c4)c(C)c3)nc(N)c2c1OCC1CC(F)(F)CCN1C. The Morgan fingerprint density at radius 3 is 2.73 bits per heavy atom. The number of pyridine rings is 1. The van der Waals surface area contributed by atoms with Crippen LogP contribution in [0.2, 0.25) is 0 Å². The molecule has 0 amide bonds. The van der Waals surface area contributed by atoms with E-state index in [0.29, 0.717) is 51.9 Å². The van der Waals surface area contributed by atoms with E-state index in [1.165, 1.54) is 13.4 Å². The van der Waals surface area contributed by atoms with Crippen molar-refractivity contribution < 1.29 is 23.0 Å². The number of hydrogen-bond acceptors (Lipinski definition) is 9. The van der Waals surface area contributed by atoms with E-state index in [1.54, 1.807) is 28.9 Å². The van der Waals surface area contributed by atoms with E-state index in [0.717, 1.165) is 11.1 Å². The fourth-order valence-corrected chi connectivity index (χ4v) is 5.02. The minimum atomic E-state index is -2.72. The highest BCUT2D eigenvalue weighted by molar-refractivity contribution is 5.97. The number of likely N-dealkylation sites (tertiary alicyclic amines) is 1. The van der Waals surface area contributed by atoms with E-state index >= 15 is 0 Å². The van der Waals surface area contributed by atoms with E-state index < -0.39 is 12.0 Å². The zero-order valence-corrected chi connectivity index (χ0v) is 22.8. The molecule has 0 aliphatic carbocycles. The Hall–Kier alpha value is -4.58. The van der Waals surface area contributed by atoms with Crippen molar-refractivity contribution in [2.45, 2.75) is 31.7 Å². The van der Waals surface area contributed by atoms with Gasteiger partial charge in [0, 0.05) is 43.3 Å². The molecule has 2 aromatic carbocycles. The first-order valence-corrected chi connectivity index (χ1v) is 13.1. The number of alkyl halides is 2. The Kier molecular flexibility index (Phi) is 6.78. The Labute approximate surface area is 234 Å². The first-order chi connectivity index (χ1) is 19.7. The molecule has 212 valence electrons. The second-order valence-corrected chi connectivity index (χ2v) is 10.2. The number of ether oxygens (including phenoxy) is 3. The van der Waals surface area contributed by atoms with Crippen molar-refractivity contribution in [1.29, 1.82) is 0 Å². The van der Waals surface area contributed by atoms with Crippen molar-refractivity contribution in [3.05, 3.63) is 60.6 Å². The van der Waals surface area contributed by atoms with Crippen LogP contribution in [-0.4, -0.2) is 68.7 Å². The number of nitrogens with two attached hydrogens (primary N) is 1. The van der Waals surface area contributed by atoms with Gasteiger partial charge in [0.25, 0.3) is 5.92 Å². The van der Waals surface area contributed by atoms with Crippen LogP contribution in [0.3, 0.4) is 0 Å². The van der Waals surface area contributed by atoms with Gasteiger partial charge in [0.2, 0.25) is 0 Å². The number of nitrogen functional groups attached to an aromatic ring is 1. The maximum atomic E-state index is 14.1. The number of rotatable bonds is 7. The van der Waals surface area contributed by atoms with E-state index in [1.807, 2.05) is 43.1 Å². The van der Waals surface area contributed by atoms with Crippen molar-refractivity contribution in [3.8, 4) is 34.4 Å². The van der Waals surface area contributed by atoms with Gasteiger partial charge >= 0.3 is 0 Å². The van der Waals surface area contributed by atoms with Gasteiger partial charge in [-0.15, -0.1) is 0 Å². The second kappa shape index (κ2) is 10.4. The number of benzene rings is 2. The molecule has 10 nitrogen and oxygen atoms in total. The fourth-order valence-electron chi connectivity index (χ4n) is 5.02. The van der Waals surface area contributed by atoms with Crippen LogP contribution in [0.15, 0.2) is 55.0 Å². The molecule has 4 heterocycles. The molecule has 1 aliphatic rings. The Morgan fingerprint density at radius 1 is 1.10 bits per heavy atom. The summed E-state index contributed by atoms with van der Waals surface area (Å²) >= 11 is 0. The number of piperidine rings is 1. The Morgan fingerprint density at radius 2 is 1.93 bits per heavy atom. The molecule has 0 radical (unpaired) electrons. The molecule has 1 aliphatic heterocycles. The third kappa shape index (κ3) is 5.30. The molecule has 12 heteroatoms. The van der Waals surface area contributed by atoms with Crippen molar-refractivity contribution in [3.63, 3.8) is 0 Å². The molecule has 3 aromatic heterocycles. The molecule has 1 atom stereocenters. The summed E-state index contributed by atoms with van der Waals surface area (Å²) in [4.78, 5) is 15.4. The van der Waals surface area contributed by atoms with Gasteiger partial charge < -0.3 is 19.9 Å². The van der Waals surface area contributed by atoms with Crippen LogP contribution >= 0.6 is 0 Å². The van der Waals surface area contributed by atoms with Crippen LogP contribution in [0.25, 0.3) is 27.9 Å². The number of likely N-dealkylation sites (N-methyl/N-ethyl adjacent to an activating group) is 1. The molecule has 2 N–H and O–H groups in total. The summed E-state index contributed by atoms with van der Waals surface area (Å²) in [5.41, 5.74) is 9.30. The van der Waals surface area contributed by atoms with Crippen LogP contribution < -0.4 is 19.9 Å². The lowest BCUT2D eigenvalue weighted by Gasteiger charge is -2.36. The van der Waals surface area contributed by atoms with E-state index in [-0.39, 0.29) is 25.3 Å². The number of anilines is 1. The van der Waals surface area contributed by atoms with E-state index in [9.17, 15) is 8.78 Å². The lowest BCUT2D eigenvalue weighted by Crippen LogP contribution is -2.47. The molecule has 1 fully saturated rings. The zero-order valence-electron chi connectivity index (χ0n) is 22.8. The normalized spacial score (nSPS) is 17.1. The Bertz CT molecular complexity index is 1740. The predicted molar refractivity (Wildman–Crippen MR) is 150 cm³/mol. The molecule has 5 aromatic rings. The van der Waals surface area contributed by atoms with Gasteiger partial charge in [-0.1, -0.05) is 0 Å². The number of halogens is 2. The van der Waals surface area contributed by atoms with Crippen molar-refractivity contribution in [1.82, 2.24) is 29.5 Å². The van der Waals surface area contributed by atoms with Crippen molar-refractivity contribution in [2.24, 2.45) is 0 Å². The summed E-state index contributed by atoms with van der Waals surface area (Å²) < 4.78 is 47.5. The van der Waals surface area contributed by atoms with Gasteiger partial charge in [-0.05, 0) is 55.9 Å². The molecular formula is C29H29F2N7O3. The third-order valence-corrected chi connectivity index (χ3v) is 7.35. The predicted octanol–water partition coefficient (Wildman–Crippen LogP) is 5.14. The molecule has 0 saturated carbocycles. The minimum Gasteiger partial charge on any atom is -0.493 e. The highest BCUT2D eigenvalue weighted by atomic mass is 19.3. The molecule has 1 unspecified atom stereocenters. The first kappa shape index (κ1) is 26.6. The summed E-state index contributed by atoms with van der Waals surface area (Å²) in [5.74, 6) is -0.0296. The summed E-state index contributed by atoms with van der Waals surface area (Å²) in [6.07, 6.45) is 2.83. The average Bonchev–Trinajstić information content (AvgIpc) is 3.42. The maximum absolute atomic E-state index is 14.1. The smallest absolute Gasteiger partial charge is 0.251 e. The van der Waals surface area contributed by atoms with Gasteiger partial charge in [-0.25, -0.2) is 28.2 Å². The van der Waals surface area contributed by atoms with Gasteiger partial charge in [0.1, 0.15) is 30.3 Å². The quantitative estimate of drug-likeness (QED) is 0.289. The summed E-state index contributed by atoms with van der Waals surface area (Å²) in [6.45, 7) is 2.28. The molecule has 41 heavy (non-hydrogen) atoms. The number of nitrogens with zero attached hydrogens (tertiary/aromatic N) is 6. The zero-order chi connectivity index (χ0) is 28.7. The molecule has 6 rings (SSSR count). The van der Waals surface area contributed by atoms with Crippen LogP contribution in [0.4, 0.5) is 14.6 Å². The number of methoxy groups -OCH3 is 1. The van der Waals surface area contributed by atoms with Crippen LogP contribution in [0, 0.1) is 6.92 Å². The van der Waals surface area contributed by atoms with Crippen LogP contribution in [-0.2, 0) is 0 Å². The summed E-state index contributed by atoms with van der Waals surface area (Å²) in [5, 5.41) is 4.57. The number of aromatic nitrogens is 5. The first-order valence-electron chi connectivity index (χ1n) is 13.1. The number of hydrogen-bond donors (Lipinski definition) is 1. The van der Waals surface area contributed by atoms with Gasteiger partial charge in [0.15, 0.2) is 23.0 Å². The van der Waals surface area contributed by atoms with Crippen molar-refractivity contribution in [2.75, 3.05) is 33.0 Å². The maximum Gasteiger partial charge on any atom is 0.251 e. The number of aryl methyl sites for hydroxylation is 1. The van der Waals surface area contributed by atoms with Crippen LogP contribution in [0.1, 0.15) is 18.4 Å². The highest BCUT2D eigenvalue weighted by Crippen LogP contribution is 2.40. The third-order valence-electron chi connectivity index (χ3n) is 7.35. The Balaban J connectivity index is 1.28. The van der Waals surface area contributed by atoms with Gasteiger partial charge in [-0.2, -0.15) is 5.10 Å². The highest BCUT2D eigenvalue weighted by Gasteiger charge is 2.39. The van der Waals surface area contributed by atoms with E-state index in [4.69, 9.17) is 24.9 Å². The minimum absolute atomic E-state index is 0.0490. The lowest BCUT2D eigenvalue weighted by atomic mass is 10.00. The standard InChI is InChI=1S/C29H29F2N7O3/c1-17-12-18(4-6-22(17)41-20-8-10-38-24(13-20)33-16-34-38)28-35-21-5-7-23(39-3)26(25(21)27(32)36-28)40-15-19-14-29(30,31)9-11-37(19)2/h4-8,10,12-13,16,19H,9,11,14-15H2,1-3H3,(H2,32,35,36). The molecule has 0 spiro atoms. The monoisotopic (exact) mass is 561 g/mol. The fraction of sp³-hybridized carbons (Fsp3) is 0.310. The lowest BCUT2D eigenvalue weighted by molar-refractivity contribution is -0.0790. The molecule has 0 bridgehead atoms. The average molecular weight is 562 g/mol. The second-order valence-electron chi connectivity index (χ2n) is 10.2. The summed E-state index contributed by atoms with van der Waals surface area (Å²) in [7, 11) is 3.33. The molecule has 1 saturated heterocycles. The topological polar surface area (TPSA) is 113 Å². The molecular weight excluding hydrogens is 532 g/mol. The van der Waals surface area contributed by atoms with E-state index in [2.05, 4.69) is 15.1 Å². The van der Waals surface area contributed by atoms with Crippen molar-refractivity contribution >= 4 is 22.4 Å². The van der Waals surface area contributed by atoms with Gasteiger partial charge in [-0.3, -0.25) is 4.90 Å². The van der Waals surface area contributed by atoms with Gasteiger partial charge in [0.05, 0.1) is 18.0 Å². The van der Waals surface area contributed by atoms with Crippen LogP contribution in [0.5, 0.6) is 23.0 Å². The largest absolute Gasteiger partial charge is 0.493 e. The number of fused-ring (bicyclic) bond motifs is 2. The summed E-state index contributed by atoms with van der Waals surface area (Å²) in [6, 6.07) is 12.3.